The first-order valence-electron chi connectivity index (χ1n) is 10.2. The second-order valence-corrected chi connectivity index (χ2v) is 11.8. The molecule has 34 heavy (non-hydrogen) atoms. The molecule has 0 N–H and O–H groups in total. The van der Waals surface area contributed by atoms with Gasteiger partial charge in [0.25, 0.3) is 19.7 Å². The first-order valence-corrected chi connectivity index (χ1v) is 12.7. The SMILES string of the molecule is COc1ccc(S(=O)(=O)n2cc(C=O)c3cc(N4CCN(C(=O)C(Cl)(Cl)Cl)CC4)ccc32)cc1. The summed E-state index contributed by atoms with van der Waals surface area (Å²) in [4.78, 5) is 27.5. The van der Waals surface area contributed by atoms with E-state index < -0.39 is 19.7 Å². The number of methoxy groups -OCH3 is 1. The summed E-state index contributed by atoms with van der Waals surface area (Å²) in [5, 5.41) is 0.504. The van der Waals surface area contributed by atoms with Crippen molar-refractivity contribution >= 4 is 73.6 Å². The summed E-state index contributed by atoms with van der Waals surface area (Å²) in [5.41, 5.74) is 1.42. The minimum Gasteiger partial charge on any atom is -0.497 e. The molecule has 4 rings (SSSR count). The molecule has 1 saturated heterocycles. The molecule has 8 nitrogen and oxygen atoms in total. The number of alkyl halides is 3. The summed E-state index contributed by atoms with van der Waals surface area (Å²) < 4.78 is 30.7. The standard InChI is InChI=1S/C22H20Cl3N3O5S/c1-33-17-3-5-18(6-4-17)34(31,32)28-13-15(14-29)19-12-16(2-7-20(19)28)26-8-10-27(11-9-26)21(30)22(23,24)25/h2-7,12-14H,8-11H2,1H3. The summed E-state index contributed by atoms with van der Waals surface area (Å²) >= 11 is 17.1. The Morgan fingerprint density at radius 2 is 1.68 bits per heavy atom. The molecule has 1 amide bonds. The van der Waals surface area contributed by atoms with E-state index in [1.807, 2.05) is 4.90 Å². The molecule has 1 aliphatic rings. The van der Waals surface area contributed by atoms with Crippen molar-refractivity contribution in [1.82, 2.24) is 8.87 Å². The van der Waals surface area contributed by atoms with Crippen molar-refractivity contribution in [3.05, 3.63) is 54.2 Å². The number of anilines is 1. The molecule has 180 valence electrons. The summed E-state index contributed by atoms with van der Waals surface area (Å²) in [6.45, 7) is 1.69. The minimum atomic E-state index is -3.94. The molecule has 0 unspecified atom stereocenters. The van der Waals surface area contributed by atoms with E-state index in [-0.39, 0.29) is 10.5 Å². The van der Waals surface area contributed by atoms with Crippen LogP contribution in [0.3, 0.4) is 0 Å². The van der Waals surface area contributed by atoms with Gasteiger partial charge in [0.15, 0.2) is 6.29 Å². The molecule has 0 atom stereocenters. The predicted molar refractivity (Wildman–Crippen MR) is 132 cm³/mol. The van der Waals surface area contributed by atoms with Gasteiger partial charge in [0.2, 0.25) is 0 Å². The van der Waals surface area contributed by atoms with Crippen molar-refractivity contribution in [3.8, 4) is 5.75 Å². The molecule has 1 fully saturated rings. The highest BCUT2D eigenvalue weighted by Gasteiger charge is 2.36. The fraction of sp³-hybridized carbons (Fsp3) is 0.273. The number of carbonyl (C=O) groups is 2. The Balaban J connectivity index is 1.64. The third-order valence-electron chi connectivity index (χ3n) is 5.70. The van der Waals surface area contributed by atoms with E-state index in [4.69, 9.17) is 39.5 Å². The van der Waals surface area contributed by atoms with Crippen LogP contribution in [0.25, 0.3) is 10.9 Å². The summed E-state index contributed by atoms with van der Waals surface area (Å²) in [6, 6.07) is 11.2. The Hall–Kier alpha value is -2.46. The summed E-state index contributed by atoms with van der Waals surface area (Å²) in [6.07, 6.45) is 1.95. The van der Waals surface area contributed by atoms with Gasteiger partial charge >= 0.3 is 0 Å². The third-order valence-corrected chi connectivity index (χ3v) is 7.88. The van der Waals surface area contributed by atoms with Gasteiger partial charge in [-0.2, -0.15) is 0 Å². The van der Waals surface area contributed by atoms with Crippen LogP contribution in [0.5, 0.6) is 5.75 Å². The number of hydrogen-bond donors (Lipinski definition) is 0. The third kappa shape index (κ3) is 4.57. The van der Waals surface area contributed by atoms with Crippen molar-refractivity contribution in [2.75, 3.05) is 38.2 Å². The fourth-order valence-electron chi connectivity index (χ4n) is 3.91. The molecular formula is C22H20Cl3N3O5S. The van der Waals surface area contributed by atoms with Gasteiger partial charge in [-0.05, 0) is 42.5 Å². The zero-order valence-electron chi connectivity index (χ0n) is 17.9. The van der Waals surface area contributed by atoms with Crippen molar-refractivity contribution in [1.29, 1.82) is 0 Å². The zero-order chi connectivity index (χ0) is 24.7. The van der Waals surface area contributed by atoms with Gasteiger partial charge in [-0.1, -0.05) is 34.8 Å². The van der Waals surface area contributed by atoms with Crippen LogP contribution in [0, 0.1) is 0 Å². The maximum atomic E-state index is 13.3. The maximum absolute atomic E-state index is 13.3. The van der Waals surface area contributed by atoms with Gasteiger partial charge in [-0.25, -0.2) is 12.4 Å². The smallest absolute Gasteiger partial charge is 0.274 e. The molecule has 1 aromatic heterocycles. The topological polar surface area (TPSA) is 88.9 Å². The van der Waals surface area contributed by atoms with Crippen molar-refractivity contribution < 1.29 is 22.7 Å². The number of fused-ring (bicyclic) bond motifs is 1. The molecule has 0 bridgehead atoms. The highest BCUT2D eigenvalue weighted by atomic mass is 35.6. The molecule has 12 heteroatoms. The van der Waals surface area contributed by atoms with E-state index in [1.165, 1.54) is 30.3 Å². The molecule has 3 aromatic rings. The molecule has 0 aliphatic carbocycles. The number of aldehydes is 1. The Morgan fingerprint density at radius 3 is 2.24 bits per heavy atom. The predicted octanol–water partition coefficient (Wildman–Crippen LogP) is 3.72. The first-order chi connectivity index (χ1) is 16.1. The number of nitrogens with zero attached hydrogens (tertiary/aromatic N) is 3. The van der Waals surface area contributed by atoms with Gasteiger partial charge in [-0.15, -0.1) is 0 Å². The lowest BCUT2D eigenvalue weighted by Gasteiger charge is -2.37. The molecule has 0 radical (unpaired) electrons. The van der Waals surface area contributed by atoms with E-state index >= 15 is 0 Å². The number of halogens is 3. The molecule has 0 saturated carbocycles. The average Bonchev–Trinajstić information content (AvgIpc) is 3.22. The summed E-state index contributed by atoms with van der Waals surface area (Å²) in [7, 11) is -2.45. The molecule has 1 aliphatic heterocycles. The lowest BCUT2D eigenvalue weighted by Crippen LogP contribution is -2.51. The van der Waals surface area contributed by atoms with Crippen LogP contribution in [-0.2, 0) is 14.8 Å². The number of benzene rings is 2. The Bertz CT molecular complexity index is 1340. The van der Waals surface area contributed by atoms with Crippen LogP contribution < -0.4 is 9.64 Å². The Kier molecular flexibility index (Phi) is 6.74. The first kappa shape index (κ1) is 24.7. The minimum absolute atomic E-state index is 0.0708. The number of rotatable bonds is 5. The fourth-order valence-corrected chi connectivity index (χ4v) is 5.65. The highest BCUT2D eigenvalue weighted by molar-refractivity contribution is 7.90. The second kappa shape index (κ2) is 9.30. The van der Waals surface area contributed by atoms with Crippen LogP contribution in [0.2, 0.25) is 0 Å². The van der Waals surface area contributed by atoms with Gasteiger partial charge in [0.1, 0.15) is 5.75 Å². The van der Waals surface area contributed by atoms with Crippen LogP contribution in [0.15, 0.2) is 53.6 Å². The summed E-state index contributed by atoms with van der Waals surface area (Å²) in [5.74, 6) is -0.0400. The maximum Gasteiger partial charge on any atom is 0.274 e. The van der Waals surface area contributed by atoms with Crippen molar-refractivity contribution in [2.45, 2.75) is 8.69 Å². The largest absolute Gasteiger partial charge is 0.497 e. The van der Waals surface area contributed by atoms with Crippen LogP contribution in [0.4, 0.5) is 5.69 Å². The van der Waals surface area contributed by atoms with Gasteiger partial charge in [0, 0.05) is 49.0 Å². The van der Waals surface area contributed by atoms with Gasteiger partial charge < -0.3 is 14.5 Å². The normalized spacial score (nSPS) is 14.9. The molecule has 2 aromatic carbocycles. The van der Waals surface area contributed by atoms with Gasteiger partial charge in [-0.3, -0.25) is 9.59 Å². The van der Waals surface area contributed by atoms with E-state index in [1.54, 1.807) is 30.3 Å². The monoisotopic (exact) mass is 543 g/mol. The van der Waals surface area contributed by atoms with Crippen molar-refractivity contribution in [2.24, 2.45) is 0 Å². The lowest BCUT2D eigenvalue weighted by molar-refractivity contribution is -0.130. The molecule has 2 heterocycles. The number of ether oxygens (including phenoxy) is 1. The number of hydrogen-bond acceptors (Lipinski definition) is 6. The van der Waals surface area contributed by atoms with E-state index in [2.05, 4.69) is 0 Å². The number of piperazine rings is 1. The Morgan fingerprint density at radius 1 is 1.03 bits per heavy atom. The van der Waals surface area contributed by atoms with E-state index in [0.717, 1.165) is 9.66 Å². The van der Waals surface area contributed by atoms with Crippen LogP contribution in [0.1, 0.15) is 10.4 Å². The molecule has 0 spiro atoms. The van der Waals surface area contributed by atoms with Crippen LogP contribution >= 0.6 is 34.8 Å². The number of aromatic nitrogens is 1. The average molecular weight is 545 g/mol. The quantitative estimate of drug-likeness (QED) is 0.359. The Labute approximate surface area is 211 Å². The molecular weight excluding hydrogens is 525 g/mol. The highest BCUT2D eigenvalue weighted by Crippen LogP contribution is 2.32. The lowest BCUT2D eigenvalue weighted by atomic mass is 10.1. The van der Waals surface area contributed by atoms with E-state index in [0.29, 0.717) is 49.1 Å². The number of amides is 1. The zero-order valence-corrected chi connectivity index (χ0v) is 21.0. The van der Waals surface area contributed by atoms with Crippen LogP contribution in [-0.4, -0.2) is 66.6 Å². The second-order valence-electron chi connectivity index (χ2n) is 7.66. The number of carbonyl (C=O) groups excluding carboxylic acids is 2. The van der Waals surface area contributed by atoms with Gasteiger partial charge in [0.05, 0.1) is 17.5 Å². The van der Waals surface area contributed by atoms with E-state index in [9.17, 15) is 18.0 Å². The van der Waals surface area contributed by atoms with Crippen molar-refractivity contribution in [3.63, 3.8) is 0 Å².